The van der Waals surface area contributed by atoms with Crippen LogP contribution in [0.5, 0.6) is 5.75 Å². The zero-order valence-corrected chi connectivity index (χ0v) is 20.4. The van der Waals surface area contributed by atoms with Gasteiger partial charge in [0.2, 0.25) is 0 Å². The van der Waals surface area contributed by atoms with E-state index < -0.39 is 6.36 Å². The van der Waals surface area contributed by atoms with Gasteiger partial charge in [-0.1, -0.05) is 19.1 Å². The average Bonchev–Trinajstić information content (AvgIpc) is 3.68. The molecule has 1 aliphatic heterocycles. The molecule has 0 unspecified atom stereocenters. The predicted molar refractivity (Wildman–Crippen MR) is 128 cm³/mol. The Morgan fingerprint density at radius 3 is 2.50 bits per heavy atom. The van der Waals surface area contributed by atoms with Gasteiger partial charge in [0.25, 0.3) is 5.91 Å². The Balaban J connectivity index is 1.55. The predicted octanol–water partition coefficient (Wildman–Crippen LogP) is 5.12. The molecule has 10 heteroatoms. The Morgan fingerprint density at radius 2 is 1.92 bits per heavy atom. The Labute approximate surface area is 208 Å². The van der Waals surface area contributed by atoms with Gasteiger partial charge in [0, 0.05) is 42.1 Å². The van der Waals surface area contributed by atoms with E-state index in [-0.39, 0.29) is 41.8 Å². The third-order valence-electron chi connectivity index (χ3n) is 7.00. The standard InChI is InChI=1S/C26H31F3N4O3/c1-3-16(14-34)22(30)17-9-11-33(12-10-17)25(35)21-15(2)31-24(32-23(21)18-7-8-18)19-5-4-6-20(13-19)36-26(27,28)29/h4-6,13,16-18,30,34H,3,7-12,14H2,1-2H3/t16-/m1/s1. The van der Waals surface area contributed by atoms with Gasteiger partial charge in [0.15, 0.2) is 5.82 Å². The maximum atomic E-state index is 13.6. The SMILES string of the molecule is CC[C@H](CO)C(=N)C1CCN(C(=O)c2c(C)nc(-c3cccc(OC(F)(F)F)c3)nc2C2CC2)CC1. The summed E-state index contributed by atoms with van der Waals surface area (Å²) in [5.74, 6) is -0.189. The second-order valence-corrected chi connectivity index (χ2v) is 9.55. The van der Waals surface area contributed by atoms with Crippen molar-refractivity contribution in [2.45, 2.75) is 58.2 Å². The van der Waals surface area contributed by atoms with E-state index in [0.717, 1.165) is 12.8 Å². The lowest BCUT2D eigenvalue weighted by Crippen LogP contribution is -2.42. The van der Waals surface area contributed by atoms with Gasteiger partial charge in [-0.3, -0.25) is 4.79 Å². The number of piperidine rings is 1. The highest BCUT2D eigenvalue weighted by atomic mass is 19.4. The summed E-state index contributed by atoms with van der Waals surface area (Å²) in [6, 6.07) is 5.53. The molecule has 7 nitrogen and oxygen atoms in total. The van der Waals surface area contributed by atoms with Crippen molar-refractivity contribution in [2.75, 3.05) is 19.7 Å². The van der Waals surface area contributed by atoms with Crippen LogP contribution in [-0.4, -0.2) is 57.7 Å². The van der Waals surface area contributed by atoms with Crippen LogP contribution in [0.25, 0.3) is 11.4 Å². The number of aliphatic hydroxyl groups excluding tert-OH is 1. The number of aromatic nitrogens is 2. The molecule has 1 saturated carbocycles. The topological polar surface area (TPSA) is 99.4 Å². The molecule has 1 amide bonds. The molecule has 1 aromatic heterocycles. The Morgan fingerprint density at radius 1 is 1.22 bits per heavy atom. The molecule has 2 heterocycles. The van der Waals surface area contributed by atoms with Gasteiger partial charge >= 0.3 is 6.36 Å². The first-order chi connectivity index (χ1) is 17.1. The molecule has 1 atom stereocenters. The fourth-order valence-corrected chi connectivity index (χ4v) is 4.81. The highest BCUT2D eigenvalue weighted by Gasteiger charge is 2.36. The van der Waals surface area contributed by atoms with Crippen molar-refractivity contribution < 1.29 is 27.8 Å². The van der Waals surface area contributed by atoms with E-state index in [9.17, 15) is 23.1 Å². The number of aryl methyl sites for hydroxylation is 1. The minimum atomic E-state index is -4.80. The van der Waals surface area contributed by atoms with Gasteiger partial charge in [-0.05, 0) is 51.2 Å². The van der Waals surface area contributed by atoms with Crippen molar-refractivity contribution >= 4 is 11.6 Å². The zero-order chi connectivity index (χ0) is 26.0. The van der Waals surface area contributed by atoms with Crippen LogP contribution in [0.4, 0.5) is 13.2 Å². The largest absolute Gasteiger partial charge is 0.573 e. The second kappa shape index (κ2) is 10.5. The lowest BCUT2D eigenvalue weighted by Gasteiger charge is -2.34. The summed E-state index contributed by atoms with van der Waals surface area (Å²) in [4.78, 5) is 24.5. The number of rotatable bonds is 8. The number of amides is 1. The number of hydrogen-bond donors (Lipinski definition) is 2. The number of nitrogens with one attached hydrogen (secondary N) is 1. The maximum absolute atomic E-state index is 13.6. The quantitative estimate of drug-likeness (QED) is 0.486. The number of benzene rings is 1. The number of alkyl halides is 3. The summed E-state index contributed by atoms with van der Waals surface area (Å²) in [5.41, 5.74) is 2.56. The van der Waals surface area contributed by atoms with E-state index in [1.165, 1.54) is 18.2 Å². The van der Waals surface area contributed by atoms with Crippen molar-refractivity contribution in [3.8, 4) is 17.1 Å². The summed E-state index contributed by atoms with van der Waals surface area (Å²) in [6.07, 6.45) is -0.953. The summed E-state index contributed by atoms with van der Waals surface area (Å²) < 4.78 is 42.0. The first-order valence-electron chi connectivity index (χ1n) is 12.3. The summed E-state index contributed by atoms with van der Waals surface area (Å²) in [7, 11) is 0. The van der Waals surface area contributed by atoms with Gasteiger partial charge in [-0.25, -0.2) is 9.97 Å². The molecular weight excluding hydrogens is 473 g/mol. The van der Waals surface area contributed by atoms with Crippen LogP contribution < -0.4 is 4.74 Å². The van der Waals surface area contributed by atoms with Crippen molar-refractivity contribution in [1.82, 2.24) is 14.9 Å². The molecule has 0 radical (unpaired) electrons. The van der Waals surface area contributed by atoms with E-state index >= 15 is 0 Å². The number of ether oxygens (including phenoxy) is 1. The third-order valence-corrected chi connectivity index (χ3v) is 7.00. The maximum Gasteiger partial charge on any atom is 0.573 e. The molecule has 36 heavy (non-hydrogen) atoms. The van der Waals surface area contributed by atoms with E-state index in [2.05, 4.69) is 14.7 Å². The van der Waals surface area contributed by atoms with E-state index in [4.69, 9.17) is 5.41 Å². The van der Waals surface area contributed by atoms with Gasteiger partial charge < -0.3 is 20.2 Å². The monoisotopic (exact) mass is 504 g/mol. The smallest absolute Gasteiger partial charge is 0.406 e. The van der Waals surface area contributed by atoms with Crippen molar-refractivity contribution in [3.63, 3.8) is 0 Å². The fraction of sp³-hybridized carbons (Fsp3) is 0.538. The molecule has 4 rings (SSSR count). The lowest BCUT2D eigenvalue weighted by atomic mass is 9.84. The number of halogens is 3. The van der Waals surface area contributed by atoms with Crippen molar-refractivity contribution in [3.05, 3.63) is 41.2 Å². The zero-order valence-electron chi connectivity index (χ0n) is 20.4. The van der Waals surface area contributed by atoms with Crippen LogP contribution in [0.2, 0.25) is 0 Å². The molecule has 2 fully saturated rings. The molecule has 2 N–H and O–H groups in total. The number of likely N-dealkylation sites (tertiary alicyclic amines) is 1. The first-order valence-corrected chi connectivity index (χ1v) is 12.3. The Kier molecular flexibility index (Phi) is 7.63. The van der Waals surface area contributed by atoms with Crippen LogP contribution in [-0.2, 0) is 0 Å². The molecule has 194 valence electrons. The van der Waals surface area contributed by atoms with Crippen LogP contribution in [0, 0.1) is 24.2 Å². The molecule has 2 aliphatic rings. The van der Waals surface area contributed by atoms with Gasteiger partial charge in [0.05, 0.1) is 23.6 Å². The lowest BCUT2D eigenvalue weighted by molar-refractivity contribution is -0.274. The highest BCUT2D eigenvalue weighted by molar-refractivity contribution is 5.97. The van der Waals surface area contributed by atoms with Crippen molar-refractivity contribution in [1.29, 1.82) is 5.41 Å². The summed E-state index contributed by atoms with van der Waals surface area (Å²) >= 11 is 0. The van der Waals surface area contributed by atoms with Gasteiger partial charge in [0.1, 0.15) is 5.75 Å². The van der Waals surface area contributed by atoms with Gasteiger partial charge in [-0.15, -0.1) is 13.2 Å². The number of carbonyl (C=O) groups excluding carboxylic acids is 1. The average molecular weight is 505 g/mol. The number of carbonyl (C=O) groups is 1. The van der Waals surface area contributed by atoms with E-state index in [1.54, 1.807) is 17.9 Å². The van der Waals surface area contributed by atoms with E-state index in [1.807, 2.05) is 6.92 Å². The van der Waals surface area contributed by atoms with Crippen LogP contribution in [0.1, 0.15) is 66.7 Å². The number of aliphatic hydroxyl groups is 1. The van der Waals surface area contributed by atoms with Crippen LogP contribution in [0.3, 0.4) is 0 Å². The first kappa shape index (κ1) is 26.1. The molecule has 0 bridgehead atoms. The van der Waals surface area contributed by atoms with Crippen molar-refractivity contribution in [2.24, 2.45) is 11.8 Å². The Bertz CT molecular complexity index is 1120. The molecule has 2 aromatic rings. The molecule has 1 aromatic carbocycles. The molecule has 0 spiro atoms. The normalized spacial score (nSPS) is 17.7. The fourth-order valence-electron chi connectivity index (χ4n) is 4.81. The van der Waals surface area contributed by atoms with Crippen LogP contribution >= 0.6 is 0 Å². The molecular formula is C26H31F3N4O3. The third kappa shape index (κ3) is 5.86. The minimum Gasteiger partial charge on any atom is -0.406 e. The number of nitrogens with zero attached hydrogens (tertiary/aromatic N) is 3. The Hall–Kier alpha value is -3.01. The second-order valence-electron chi connectivity index (χ2n) is 9.55. The van der Waals surface area contributed by atoms with Gasteiger partial charge in [-0.2, -0.15) is 0 Å². The number of hydrogen-bond acceptors (Lipinski definition) is 6. The highest BCUT2D eigenvalue weighted by Crippen LogP contribution is 2.42. The molecule has 1 saturated heterocycles. The summed E-state index contributed by atoms with van der Waals surface area (Å²) in [5, 5.41) is 18.0. The van der Waals surface area contributed by atoms with E-state index in [0.29, 0.717) is 60.6 Å². The molecule has 1 aliphatic carbocycles. The summed E-state index contributed by atoms with van der Waals surface area (Å²) in [6.45, 7) is 4.68. The van der Waals surface area contributed by atoms with Crippen LogP contribution in [0.15, 0.2) is 24.3 Å². The minimum absolute atomic E-state index is 0.0344.